The van der Waals surface area contributed by atoms with Crippen molar-refractivity contribution in [3.05, 3.63) is 28.9 Å². The summed E-state index contributed by atoms with van der Waals surface area (Å²) in [6.07, 6.45) is 1.71. The van der Waals surface area contributed by atoms with Crippen LogP contribution < -0.4 is 11.1 Å². The molecule has 96 valence electrons. The third-order valence-corrected chi connectivity index (χ3v) is 3.19. The lowest BCUT2D eigenvalue weighted by Gasteiger charge is -2.25. The lowest BCUT2D eigenvalue weighted by Crippen LogP contribution is -2.35. The van der Waals surface area contributed by atoms with Gasteiger partial charge in [0.05, 0.1) is 12.1 Å². The normalized spacial score (nSPS) is 11.8. The number of anilines is 2. The fourth-order valence-electron chi connectivity index (χ4n) is 1.74. The van der Waals surface area contributed by atoms with Crippen LogP contribution in [0.15, 0.2) is 28.9 Å². The molecule has 0 unspecified atom stereocenters. The summed E-state index contributed by atoms with van der Waals surface area (Å²) in [6.45, 7) is 3.85. The zero-order valence-corrected chi connectivity index (χ0v) is 12.0. The first-order chi connectivity index (χ1) is 8.43. The predicted molar refractivity (Wildman–Crippen MR) is 78.6 cm³/mol. The molecule has 1 aromatic carbocycles. The third-order valence-electron chi connectivity index (χ3n) is 2.73. The minimum atomic E-state index is -0.432. The molecule has 0 aliphatic heterocycles. The van der Waals surface area contributed by atoms with Crippen LogP contribution in [0.5, 0.6) is 0 Å². The first-order valence-corrected chi connectivity index (χ1v) is 6.45. The van der Waals surface area contributed by atoms with E-state index in [1.807, 2.05) is 32.0 Å². The van der Waals surface area contributed by atoms with Crippen LogP contribution in [0.4, 0.5) is 11.5 Å². The third kappa shape index (κ3) is 2.57. The standard InChI is InChI=1S/C13H16BrN3O/c1-13(2,7-18)17-12-10-5-8(14)6-11(15)9(10)3-4-16-12/h3-6,18H,7,15H2,1-2H3,(H,16,17). The summed E-state index contributed by atoms with van der Waals surface area (Å²) >= 11 is 3.43. The molecule has 2 aromatic rings. The second-order valence-corrected chi connectivity index (χ2v) is 5.83. The molecule has 0 amide bonds. The molecule has 2 rings (SSSR count). The Morgan fingerprint density at radius 2 is 2.11 bits per heavy atom. The van der Waals surface area contributed by atoms with Gasteiger partial charge in [-0.25, -0.2) is 4.98 Å². The number of nitrogens with two attached hydrogens (primary N) is 1. The Labute approximate surface area is 114 Å². The highest BCUT2D eigenvalue weighted by atomic mass is 79.9. The lowest BCUT2D eigenvalue weighted by molar-refractivity contribution is 0.234. The average molecular weight is 310 g/mol. The molecule has 1 aromatic heterocycles. The molecule has 0 aliphatic carbocycles. The van der Waals surface area contributed by atoms with Gasteiger partial charge in [-0.15, -0.1) is 0 Å². The summed E-state index contributed by atoms with van der Waals surface area (Å²) < 4.78 is 0.908. The summed E-state index contributed by atoms with van der Waals surface area (Å²) in [4.78, 5) is 4.32. The number of nitrogen functional groups attached to an aromatic ring is 1. The van der Waals surface area contributed by atoms with Gasteiger partial charge >= 0.3 is 0 Å². The molecule has 1 heterocycles. The number of aliphatic hydroxyl groups excluding tert-OH is 1. The van der Waals surface area contributed by atoms with Crippen molar-refractivity contribution in [3.63, 3.8) is 0 Å². The van der Waals surface area contributed by atoms with Crippen molar-refractivity contribution in [2.24, 2.45) is 0 Å². The minimum Gasteiger partial charge on any atom is -0.398 e. The van der Waals surface area contributed by atoms with Crippen LogP contribution in [0.25, 0.3) is 10.8 Å². The van der Waals surface area contributed by atoms with Crippen LogP contribution in [0, 0.1) is 0 Å². The van der Waals surface area contributed by atoms with Crippen LogP contribution >= 0.6 is 15.9 Å². The molecule has 4 N–H and O–H groups in total. The number of benzene rings is 1. The highest BCUT2D eigenvalue weighted by Crippen LogP contribution is 2.31. The van der Waals surface area contributed by atoms with Crippen molar-refractivity contribution in [2.45, 2.75) is 19.4 Å². The van der Waals surface area contributed by atoms with Gasteiger partial charge in [0.25, 0.3) is 0 Å². The highest BCUT2D eigenvalue weighted by Gasteiger charge is 2.18. The van der Waals surface area contributed by atoms with E-state index in [1.54, 1.807) is 6.20 Å². The van der Waals surface area contributed by atoms with Gasteiger partial charge < -0.3 is 16.2 Å². The van der Waals surface area contributed by atoms with Crippen LogP contribution in [0.3, 0.4) is 0 Å². The second-order valence-electron chi connectivity index (χ2n) is 4.92. The van der Waals surface area contributed by atoms with Gasteiger partial charge in [0.1, 0.15) is 5.82 Å². The average Bonchev–Trinajstić information content (AvgIpc) is 2.30. The first-order valence-electron chi connectivity index (χ1n) is 5.66. The number of hydrogen-bond donors (Lipinski definition) is 3. The van der Waals surface area contributed by atoms with Crippen molar-refractivity contribution in [3.8, 4) is 0 Å². The van der Waals surface area contributed by atoms with Crippen molar-refractivity contribution in [2.75, 3.05) is 17.7 Å². The van der Waals surface area contributed by atoms with E-state index in [1.165, 1.54) is 0 Å². The molecule has 0 saturated carbocycles. The topological polar surface area (TPSA) is 71.2 Å². The SMILES string of the molecule is CC(C)(CO)Nc1nccc2c(N)cc(Br)cc12. The molecule has 0 saturated heterocycles. The Morgan fingerprint density at radius 3 is 2.78 bits per heavy atom. The molecular weight excluding hydrogens is 294 g/mol. The summed E-state index contributed by atoms with van der Waals surface area (Å²) in [6, 6.07) is 5.71. The van der Waals surface area contributed by atoms with Gasteiger partial charge in [-0.1, -0.05) is 15.9 Å². The van der Waals surface area contributed by atoms with E-state index in [-0.39, 0.29) is 6.61 Å². The molecule has 0 aliphatic rings. The maximum atomic E-state index is 9.31. The van der Waals surface area contributed by atoms with Gasteiger partial charge in [0.2, 0.25) is 0 Å². The number of pyridine rings is 1. The number of nitrogens with zero attached hydrogens (tertiary/aromatic N) is 1. The second kappa shape index (κ2) is 4.74. The van der Waals surface area contributed by atoms with Gasteiger partial charge in [0.15, 0.2) is 0 Å². The van der Waals surface area contributed by atoms with Gasteiger partial charge in [0, 0.05) is 27.1 Å². The van der Waals surface area contributed by atoms with Crippen molar-refractivity contribution in [1.82, 2.24) is 4.98 Å². The zero-order chi connectivity index (χ0) is 13.3. The maximum Gasteiger partial charge on any atom is 0.134 e. The van der Waals surface area contributed by atoms with Gasteiger partial charge in [-0.3, -0.25) is 0 Å². The number of nitrogens with one attached hydrogen (secondary N) is 1. The van der Waals surface area contributed by atoms with E-state index < -0.39 is 5.54 Å². The van der Waals surface area contributed by atoms with Crippen LogP contribution in [-0.4, -0.2) is 22.2 Å². The molecule has 0 spiro atoms. The van der Waals surface area contributed by atoms with E-state index in [9.17, 15) is 5.11 Å². The Bertz CT molecular complexity index is 584. The van der Waals surface area contributed by atoms with E-state index in [2.05, 4.69) is 26.2 Å². The Balaban J connectivity index is 2.58. The number of halogens is 1. The summed E-state index contributed by atoms with van der Waals surface area (Å²) in [5.41, 5.74) is 6.26. The van der Waals surface area contributed by atoms with Crippen LogP contribution in [-0.2, 0) is 0 Å². The Kier molecular flexibility index (Phi) is 3.45. The fraction of sp³-hybridized carbons (Fsp3) is 0.308. The smallest absolute Gasteiger partial charge is 0.134 e. The Hall–Kier alpha value is -1.33. The van der Waals surface area contributed by atoms with Crippen molar-refractivity contribution < 1.29 is 5.11 Å². The first kappa shape index (κ1) is 13.1. The Morgan fingerprint density at radius 1 is 1.39 bits per heavy atom. The molecular formula is C13H16BrN3O. The summed E-state index contributed by atoms with van der Waals surface area (Å²) in [7, 11) is 0. The molecule has 18 heavy (non-hydrogen) atoms. The minimum absolute atomic E-state index is 0.0224. The van der Waals surface area contributed by atoms with Gasteiger partial charge in [-0.05, 0) is 32.0 Å². The summed E-state index contributed by atoms with van der Waals surface area (Å²) in [5.74, 6) is 0.722. The van der Waals surface area contributed by atoms with Crippen LogP contribution in [0.1, 0.15) is 13.8 Å². The van der Waals surface area contributed by atoms with Crippen molar-refractivity contribution >= 4 is 38.2 Å². The van der Waals surface area contributed by atoms with E-state index in [0.29, 0.717) is 5.69 Å². The largest absolute Gasteiger partial charge is 0.398 e. The molecule has 4 nitrogen and oxygen atoms in total. The number of aliphatic hydroxyl groups is 1. The number of aromatic nitrogens is 1. The number of rotatable bonds is 3. The summed E-state index contributed by atoms with van der Waals surface area (Å²) in [5, 5.41) is 14.4. The fourth-order valence-corrected chi connectivity index (χ4v) is 2.21. The molecule has 0 bridgehead atoms. The molecule has 5 heteroatoms. The monoisotopic (exact) mass is 309 g/mol. The van der Waals surface area contributed by atoms with E-state index in [0.717, 1.165) is 21.1 Å². The lowest BCUT2D eigenvalue weighted by atomic mass is 10.1. The van der Waals surface area contributed by atoms with Crippen LogP contribution in [0.2, 0.25) is 0 Å². The maximum absolute atomic E-state index is 9.31. The van der Waals surface area contributed by atoms with Gasteiger partial charge in [-0.2, -0.15) is 0 Å². The molecule has 0 radical (unpaired) electrons. The van der Waals surface area contributed by atoms with E-state index >= 15 is 0 Å². The highest BCUT2D eigenvalue weighted by molar-refractivity contribution is 9.10. The van der Waals surface area contributed by atoms with E-state index in [4.69, 9.17) is 5.73 Å². The molecule has 0 fully saturated rings. The zero-order valence-electron chi connectivity index (χ0n) is 10.4. The number of fused-ring (bicyclic) bond motifs is 1. The van der Waals surface area contributed by atoms with Crippen molar-refractivity contribution in [1.29, 1.82) is 0 Å². The predicted octanol–water partition coefficient (Wildman–Crippen LogP) is 2.76. The molecule has 0 atom stereocenters. The quantitative estimate of drug-likeness (QED) is 0.762. The number of hydrogen-bond acceptors (Lipinski definition) is 4.